The molecule has 122 valence electrons. The number of rotatable bonds is 5. The van der Waals surface area contributed by atoms with E-state index in [1.165, 1.54) is 12.1 Å². The third-order valence-corrected chi connectivity index (χ3v) is 8.03. The van der Waals surface area contributed by atoms with E-state index in [0.717, 1.165) is 11.3 Å². The molecule has 0 amide bonds. The first kappa shape index (κ1) is 16.6. The van der Waals surface area contributed by atoms with E-state index in [1.54, 1.807) is 60.7 Å². The maximum absolute atomic E-state index is 13.9. The molecule has 0 aliphatic carbocycles. The molecule has 0 bridgehead atoms. The van der Waals surface area contributed by atoms with Crippen LogP contribution in [0.4, 0.5) is 5.00 Å². The Morgan fingerprint density at radius 3 is 1.83 bits per heavy atom. The van der Waals surface area contributed by atoms with Gasteiger partial charge in [0.25, 0.3) is 0 Å². The molecule has 3 rings (SSSR count). The van der Waals surface area contributed by atoms with Gasteiger partial charge in [0.15, 0.2) is 7.14 Å². The standard InChI is InChI=1S/C17H14NO4PS/c19-17(15-11-12-16(24-15)18(20)21)23(22,13-7-3-1-4-8-13)14-9-5-2-6-10-14/h1-12,17,19H. The third-order valence-electron chi connectivity index (χ3n) is 3.67. The Kier molecular flexibility index (Phi) is 4.62. The van der Waals surface area contributed by atoms with Crippen LogP contribution < -0.4 is 10.6 Å². The highest BCUT2D eigenvalue weighted by Crippen LogP contribution is 2.57. The van der Waals surface area contributed by atoms with Crippen molar-refractivity contribution >= 4 is 34.1 Å². The van der Waals surface area contributed by atoms with Crippen molar-refractivity contribution in [1.29, 1.82) is 0 Å². The monoisotopic (exact) mass is 359 g/mol. The average Bonchev–Trinajstić information content (AvgIpc) is 3.12. The molecule has 0 fully saturated rings. The Balaban J connectivity index is 2.14. The summed E-state index contributed by atoms with van der Waals surface area (Å²) in [5.74, 6) is -1.33. The minimum atomic E-state index is -3.41. The largest absolute Gasteiger partial charge is 0.379 e. The molecule has 1 aromatic heterocycles. The predicted octanol–water partition coefficient (Wildman–Crippen LogP) is 3.66. The van der Waals surface area contributed by atoms with Gasteiger partial charge in [0.05, 0.1) is 4.92 Å². The topological polar surface area (TPSA) is 80.4 Å². The van der Waals surface area contributed by atoms with E-state index in [1.807, 2.05) is 0 Å². The molecular formula is C17H14NO4PS. The fraction of sp³-hybridized carbons (Fsp3) is 0.0588. The number of hydrogen-bond donors (Lipinski definition) is 1. The van der Waals surface area contributed by atoms with E-state index in [9.17, 15) is 19.8 Å². The van der Waals surface area contributed by atoms with Gasteiger partial charge in [0, 0.05) is 21.6 Å². The minimum Gasteiger partial charge on any atom is -0.379 e. The summed E-state index contributed by atoms with van der Waals surface area (Å²) in [4.78, 5) is 10.7. The van der Waals surface area contributed by atoms with Crippen molar-refractivity contribution in [3.8, 4) is 0 Å². The third kappa shape index (κ3) is 2.91. The number of hydrogen-bond acceptors (Lipinski definition) is 5. The smallest absolute Gasteiger partial charge is 0.324 e. The molecule has 0 aliphatic rings. The van der Waals surface area contributed by atoms with Gasteiger partial charge in [-0.2, -0.15) is 0 Å². The summed E-state index contributed by atoms with van der Waals surface area (Å²) >= 11 is 0.844. The normalized spacial score (nSPS) is 12.7. The molecule has 0 saturated carbocycles. The number of thiophene rings is 1. The zero-order valence-electron chi connectivity index (χ0n) is 12.5. The van der Waals surface area contributed by atoms with E-state index in [2.05, 4.69) is 0 Å². The van der Waals surface area contributed by atoms with Gasteiger partial charge >= 0.3 is 5.00 Å². The van der Waals surface area contributed by atoms with Crippen LogP contribution in [-0.4, -0.2) is 10.0 Å². The molecule has 1 N–H and O–H groups in total. The fourth-order valence-electron chi connectivity index (χ4n) is 2.49. The van der Waals surface area contributed by atoms with Gasteiger partial charge in [-0.25, -0.2) is 0 Å². The van der Waals surface area contributed by atoms with Crippen LogP contribution >= 0.6 is 18.5 Å². The Labute approximate surface area is 142 Å². The highest BCUT2D eigenvalue weighted by Gasteiger charge is 2.38. The lowest BCUT2D eigenvalue weighted by molar-refractivity contribution is -0.380. The molecule has 5 nitrogen and oxygen atoms in total. The number of benzene rings is 2. The zero-order chi connectivity index (χ0) is 17.2. The van der Waals surface area contributed by atoms with Crippen molar-refractivity contribution in [1.82, 2.24) is 0 Å². The average molecular weight is 359 g/mol. The molecule has 1 unspecified atom stereocenters. The quantitative estimate of drug-likeness (QED) is 0.428. The lowest BCUT2D eigenvalue weighted by Gasteiger charge is -2.24. The van der Waals surface area contributed by atoms with Crippen LogP contribution in [0.1, 0.15) is 10.7 Å². The van der Waals surface area contributed by atoms with Gasteiger partial charge in [-0.3, -0.25) is 10.1 Å². The van der Waals surface area contributed by atoms with Gasteiger partial charge in [-0.1, -0.05) is 72.0 Å². The van der Waals surface area contributed by atoms with E-state index in [4.69, 9.17) is 0 Å². The molecule has 0 spiro atoms. The van der Waals surface area contributed by atoms with Gasteiger partial charge < -0.3 is 9.67 Å². The predicted molar refractivity (Wildman–Crippen MR) is 95.7 cm³/mol. The molecule has 7 heteroatoms. The second kappa shape index (κ2) is 6.69. The van der Waals surface area contributed by atoms with Crippen LogP contribution in [0.25, 0.3) is 0 Å². The number of nitro groups is 1. The molecular weight excluding hydrogens is 345 g/mol. The summed E-state index contributed by atoms with van der Waals surface area (Å²) in [5, 5.41) is 22.7. The highest BCUT2D eigenvalue weighted by atomic mass is 32.1. The first-order chi connectivity index (χ1) is 11.5. The van der Waals surface area contributed by atoms with Crippen molar-refractivity contribution in [2.75, 3.05) is 0 Å². The van der Waals surface area contributed by atoms with Crippen molar-refractivity contribution in [2.45, 2.75) is 5.85 Å². The van der Waals surface area contributed by atoms with Crippen molar-refractivity contribution in [3.05, 3.63) is 87.8 Å². The minimum absolute atomic E-state index is 0.0864. The van der Waals surface area contributed by atoms with E-state index < -0.39 is 17.9 Å². The number of aliphatic hydroxyl groups is 1. The van der Waals surface area contributed by atoms with Crippen LogP contribution in [0.5, 0.6) is 0 Å². The van der Waals surface area contributed by atoms with Crippen LogP contribution in [0, 0.1) is 10.1 Å². The molecule has 3 aromatic rings. The van der Waals surface area contributed by atoms with Gasteiger partial charge in [0.1, 0.15) is 5.85 Å². The van der Waals surface area contributed by atoms with Gasteiger partial charge in [0.2, 0.25) is 0 Å². The van der Waals surface area contributed by atoms with Crippen LogP contribution in [0.2, 0.25) is 0 Å². The summed E-state index contributed by atoms with van der Waals surface area (Å²) in [7, 11) is -3.41. The lowest BCUT2D eigenvalue weighted by Crippen LogP contribution is -2.20. The fourth-order valence-corrected chi connectivity index (χ4v) is 6.32. The Morgan fingerprint density at radius 2 is 1.42 bits per heavy atom. The zero-order valence-corrected chi connectivity index (χ0v) is 14.2. The summed E-state index contributed by atoms with van der Waals surface area (Å²) < 4.78 is 13.9. The van der Waals surface area contributed by atoms with E-state index in [-0.39, 0.29) is 5.00 Å². The maximum atomic E-state index is 13.9. The molecule has 24 heavy (non-hydrogen) atoms. The second-order valence-corrected chi connectivity index (χ2v) is 9.07. The summed E-state index contributed by atoms with van der Waals surface area (Å²) in [6.45, 7) is 0. The van der Waals surface area contributed by atoms with Gasteiger partial charge in [-0.05, 0) is 6.07 Å². The van der Waals surface area contributed by atoms with Crippen molar-refractivity contribution < 1.29 is 14.6 Å². The molecule has 0 aliphatic heterocycles. The molecule has 1 heterocycles. The van der Waals surface area contributed by atoms with Gasteiger partial charge in [-0.15, -0.1) is 0 Å². The first-order valence-electron chi connectivity index (χ1n) is 7.16. The van der Waals surface area contributed by atoms with Crippen LogP contribution in [-0.2, 0) is 4.57 Å². The summed E-state index contributed by atoms with van der Waals surface area (Å²) in [6.07, 6.45) is 0. The van der Waals surface area contributed by atoms with E-state index in [0.29, 0.717) is 15.5 Å². The first-order valence-corrected chi connectivity index (χ1v) is 9.76. The molecule has 0 radical (unpaired) electrons. The SMILES string of the molecule is O=[N+]([O-])c1ccc(C(O)P(=O)(c2ccccc2)c2ccccc2)s1. The molecule has 1 atom stereocenters. The van der Waals surface area contributed by atoms with Crippen molar-refractivity contribution in [3.63, 3.8) is 0 Å². The lowest BCUT2D eigenvalue weighted by atomic mass is 10.4. The van der Waals surface area contributed by atoms with E-state index >= 15 is 0 Å². The second-order valence-electron chi connectivity index (χ2n) is 5.14. The summed E-state index contributed by atoms with van der Waals surface area (Å²) in [6, 6.07) is 20.3. The van der Waals surface area contributed by atoms with Crippen LogP contribution in [0.3, 0.4) is 0 Å². The Morgan fingerprint density at radius 1 is 0.917 bits per heavy atom. The maximum Gasteiger partial charge on any atom is 0.324 e. The molecule has 2 aromatic carbocycles. The Bertz CT molecular complexity index is 852. The highest BCUT2D eigenvalue weighted by molar-refractivity contribution is 7.79. The van der Waals surface area contributed by atoms with Crippen LogP contribution in [0.15, 0.2) is 72.8 Å². The number of nitrogens with zero attached hydrogens (tertiary/aromatic N) is 1. The van der Waals surface area contributed by atoms with Crippen molar-refractivity contribution in [2.24, 2.45) is 0 Å². The molecule has 0 saturated heterocycles. The Hall–Kier alpha value is -2.27. The summed E-state index contributed by atoms with van der Waals surface area (Å²) in [5.41, 5.74) is 0. The number of aliphatic hydroxyl groups excluding tert-OH is 1.